The molecular formula is C14H20N2O4. The Balaban J connectivity index is 2.10. The first-order chi connectivity index (χ1) is 9.25. The Morgan fingerprint density at radius 3 is 2.65 bits per heavy atom. The molecule has 1 aromatic heterocycles. The minimum absolute atomic E-state index is 0.109. The van der Waals surface area contributed by atoms with Crippen LogP contribution in [0.3, 0.4) is 0 Å². The fraction of sp³-hybridized carbons (Fsp3) is 0.714. The monoisotopic (exact) mass is 280 g/mol. The molecular weight excluding hydrogens is 260 g/mol. The van der Waals surface area contributed by atoms with Crippen LogP contribution < -0.4 is 16.0 Å². The van der Waals surface area contributed by atoms with Crippen LogP contribution >= 0.6 is 0 Å². The van der Waals surface area contributed by atoms with Crippen molar-refractivity contribution in [1.29, 1.82) is 0 Å². The van der Waals surface area contributed by atoms with Crippen molar-refractivity contribution in [3.63, 3.8) is 0 Å². The molecule has 0 saturated heterocycles. The van der Waals surface area contributed by atoms with Crippen molar-refractivity contribution in [2.24, 2.45) is 5.92 Å². The molecule has 1 aromatic rings. The topological polar surface area (TPSA) is 95.2 Å². The number of aromatic amines is 2. The standard InChI is InChI=1S/C14H20N2O4/c1-7(2)14(19)5-4-13(3)8(6-14)9-10(17)15-12(18)16-11(9)20-13/h7-8,19H,4-6H2,1-3H3,(H2,15,16,17,18)/t8-,13-,14+/m0/s1. The summed E-state index contributed by atoms with van der Waals surface area (Å²) in [6.45, 7) is 5.91. The molecule has 1 aliphatic carbocycles. The van der Waals surface area contributed by atoms with Gasteiger partial charge in [-0.15, -0.1) is 0 Å². The predicted molar refractivity (Wildman–Crippen MR) is 73.1 cm³/mol. The minimum Gasteiger partial charge on any atom is -0.472 e. The third-order valence-electron chi connectivity index (χ3n) is 5.05. The van der Waals surface area contributed by atoms with E-state index >= 15 is 0 Å². The average Bonchev–Trinajstić information content (AvgIpc) is 2.61. The van der Waals surface area contributed by atoms with Gasteiger partial charge in [0.15, 0.2) is 0 Å². The second kappa shape index (κ2) is 3.97. The largest absolute Gasteiger partial charge is 0.472 e. The second-order valence-electron chi connectivity index (χ2n) is 6.58. The van der Waals surface area contributed by atoms with Crippen LogP contribution in [0, 0.1) is 5.92 Å². The number of hydrogen-bond donors (Lipinski definition) is 3. The number of ether oxygens (including phenoxy) is 1. The molecule has 3 atom stereocenters. The molecule has 0 unspecified atom stereocenters. The maximum atomic E-state index is 12.1. The second-order valence-corrected chi connectivity index (χ2v) is 6.58. The van der Waals surface area contributed by atoms with E-state index in [0.29, 0.717) is 24.8 Å². The van der Waals surface area contributed by atoms with Crippen LogP contribution in [-0.2, 0) is 0 Å². The summed E-state index contributed by atoms with van der Waals surface area (Å²) in [5, 5.41) is 10.7. The zero-order valence-corrected chi connectivity index (χ0v) is 11.9. The predicted octanol–water partition coefficient (Wildman–Crippen LogP) is 0.869. The van der Waals surface area contributed by atoms with E-state index < -0.39 is 22.5 Å². The third-order valence-corrected chi connectivity index (χ3v) is 5.05. The van der Waals surface area contributed by atoms with E-state index in [1.165, 1.54) is 0 Å². The van der Waals surface area contributed by atoms with Gasteiger partial charge in [-0.1, -0.05) is 13.8 Å². The molecule has 3 rings (SSSR count). The van der Waals surface area contributed by atoms with E-state index in [4.69, 9.17) is 4.74 Å². The molecule has 2 heterocycles. The first-order valence-electron chi connectivity index (χ1n) is 7.03. The molecule has 6 heteroatoms. The molecule has 0 radical (unpaired) electrons. The van der Waals surface area contributed by atoms with Crippen LogP contribution in [-0.4, -0.2) is 26.3 Å². The van der Waals surface area contributed by atoms with Crippen molar-refractivity contribution in [3.05, 3.63) is 26.4 Å². The summed E-state index contributed by atoms with van der Waals surface area (Å²) in [4.78, 5) is 28.2. The van der Waals surface area contributed by atoms with Gasteiger partial charge in [0.25, 0.3) is 5.56 Å². The lowest BCUT2D eigenvalue weighted by Gasteiger charge is -2.45. The van der Waals surface area contributed by atoms with Crippen LogP contribution in [0.25, 0.3) is 0 Å². The number of H-pyrrole nitrogens is 2. The van der Waals surface area contributed by atoms with Gasteiger partial charge < -0.3 is 9.84 Å². The maximum absolute atomic E-state index is 12.1. The SMILES string of the molecule is CC(C)[C@@]1(O)CC[C@]2(C)Oc3[nH]c(=O)[nH]c(=O)c3[C@@H]2C1. The van der Waals surface area contributed by atoms with E-state index in [0.717, 1.165) is 0 Å². The van der Waals surface area contributed by atoms with Crippen LogP contribution in [0.1, 0.15) is 51.5 Å². The van der Waals surface area contributed by atoms with Gasteiger partial charge in [0, 0.05) is 5.92 Å². The van der Waals surface area contributed by atoms with Crippen molar-refractivity contribution in [1.82, 2.24) is 9.97 Å². The van der Waals surface area contributed by atoms with E-state index in [1.54, 1.807) is 0 Å². The number of aromatic nitrogens is 2. The minimum atomic E-state index is -0.794. The highest BCUT2D eigenvalue weighted by molar-refractivity contribution is 5.37. The highest BCUT2D eigenvalue weighted by Crippen LogP contribution is 2.53. The maximum Gasteiger partial charge on any atom is 0.328 e. The number of fused-ring (bicyclic) bond motifs is 3. The first kappa shape index (κ1) is 13.4. The first-order valence-corrected chi connectivity index (χ1v) is 7.03. The lowest BCUT2D eigenvalue weighted by atomic mass is 9.65. The molecule has 20 heavy (non-hydrogen) atoms. The zero-order chi connectivity index (χ0) is 14.7. The Kier molecular flexibility index (Phi) is 2.67. The summed E-state index contributed by atoms with van der Waals surface area (Å²) in [6, 6.07) is 0. The molecule has 0 spiro atoms. The van der Waals surface area contributed by atoms with Gasteiger partial charge >= 0.3 is 5.69 Å². The Bertz CT molecular complexity index is 662. The molecule has 2 aliphatic rings. The third kappa shape index (κ3) is 1.74. The number of hydrogen-bond acceptors (Lipinski definition) is 4. The molecule has 0 aromatic carbocycles. The van der Waals surface area contributed by atoms with Crippen LogP contribution in [0.5, 0.6) is 5.88 Å². The van der Waals surface area contributed by atoms with Gasteiger partial charge in [-0.3, -0.25) is 14.8 Å². The number of rotatable bonds is 1. The molecule has 1 fully saturated rings. The lowest BCUT2D eigenvalue weighted by molar-refractivity contribution is -0.0890. The lowest BCUT2D eigenvalue weighted by Crippen LogP contribution is -2.50. The average molecular weight is 280 g/mol. The van der Waals surface area contributed by atoms with E-state index in [1.807, 2.05) is 20.8 Å². The quantitative estimate of drug-likeness (QED) is 0.711. The Labute approximate surface area is 116 Å². The molecule has 3 N–H and O–H groups in total. The van der Waals surface area contributed by atoms with Crippen LogP contribution in [0.2, 0.25) is 0 Å². The van der Waals surface area contributed by atoms with Crippen molar-refractivity contribution in [2.75, 3.05) is 0 Å². The van der Waals surface area contributed by atoms with E-state index in [-0.39, 0.29) is 17.7 Å². The summed E-state index contributed by atoms with van der Waals surface area (Å²) in [7, 11) is 0. The number of nitrogens with one attached hydrogen (secondary N) is 2. The number of aliphatic hydroxyl groups is 1. The van der Waals surface area contributed by atoms with Crippen molar-refractivity contribution >= 4 is 0 Å². The van der Waals surface area contributed by atoms with E-state index in [9.17, 15) is 14.7 Å². The van der Waals surface area contributed by atoms with Crippen molar-refractivity contribution < 1.29 is 9.84 Å². The summed E-state index contributed by atoms with van der Waals surface area (Å²) in [5.74, 6) is 0.177. The Hall–Kier alpha value is -1.56. The van der Waals surface area contributed by atoms with Crippen molar-refractivity contribution in [3.8, 4) is 5.88 Å². The van der Waals surface area contributed by atoms with Crippen molar-refractivity contribution in [2.45, 2.75) is 57.2 Å². The molecule has 0 amide bonds. The van der Waals surface area contributed by atoms with E-state index in [2.05, 4.69) is 9.97 Å². The van der Waals surface area contributed by atoms with Gasteiger partial charge in [-0.05, 0) is 32.1 Å². The summed E-state index contributed by atoms with van der Waals surface area (Å²) in [5.41, 5.74) is -1.83. The smallest absolute Gasteiger partial charge is 0.328 e. The molecule has 6 nitrogen and oxygen atoms in total. The fourth-order valence-electron chi connectivity index (χ4n) is 3.47. The molecule has 1 aliphatic heterocycles. The highest BCUT2D eigenvalue weighted by atomic mass is 16.5. The summed E-state index contributed by atoms with van der Waals surface area (Å²) >= 11 is 0. The normalized spacial score (nSPS) is 35.5. The molecule has 0 bridgehead atoms. The van der Waals surface area contributed by atoms with Gasteiger partial charge in [0.1, 0.15) is 5.60 Å². The van der Waals surface area contributed by atoms with Crippen LogP contribution in [0.4, 0.5) is 0 Å². The Morgan fingerprint density at radius 1 is 1.30 bits per heavy atom. The zero-order valence-electron chi connectivity index (χ0n) is 11.9. The summed E-state index contributed by atoms with van der Waals surface area (Å²) < 4.78 is 5.85. The fourth-order valence-corrected chi connectivity index (χ4v) is 3.47. The summed E-state index contributed by atoms with van der Waals surface area (Å²) in [6.07, 6.45) is 1.76. The molecule has 110 valence electrons. The van der Waals surface area contributed by atoms with Gasteiger partial charge in [-0.25, -0.2) is 4.79 Å². The van der Waals surface area contributed by atoms with Gasteiger partial charge in [-0.2, -0.15) is 0 Å². The van der Waals surface area contributed by atoms with Crippen LogP contribution in [0.15, 0.2) is 9.59 Å². The molecule has 1 saturated carbocycles. The highest BCUT2D eigenvalue weighted by Gasteiger charge is 2.55. The van der Waals surface area contributed by atoms with Gasteiger partial charge in [0.2, 0.25) is 5.88 Å². The Morgan fingerprint density at radius 2 is 2.00 bits per heavy atom. The van der Waals surface area contributed by atoms with Gasteiger partial charge in [0.05, 0.1) is 11.2 Å².